The fourth-order valence-corrected chi connectivity index (χ4v) is 1.70. The lowest BCUT2D eigenvalue weighted by Crippen LogP contribution is -2.16. The van der Waals surface area contributed by atoms with Gasteiger partial charge in [0.1, 0.15) is 6.07 Å². The molecular formula is C13H11N3O3. The fraction of sp³-hybridized carbons (Fsp3) is 0.154. The molecule has 1 aromatic heterocycles. The van der Waals surface area contributed by atoms with Crippen molar-refractivity contribution in [2.75, 3.05) is 6.61 Å². The molecule has 0 saturated heterocycles. The Morgan fingerprint density at radius 3 is 2.63 bits per heavy atom. The van der Waals surface area contributed by atoms with Gasteiger partial charge in [0, 0.05) is 11.9 Å². The highest BCUT2D eigenvalue weighted by Crippen LogP contribution is 2.10. The van der Waals surface area contributed by atoms with Crippen molar-refractivity contribution in [1.29, 1.82) is 5.26 Å². The number of aromatic nitrogens is 2. The Kier molecular flexibility index (Phi) is 3.48. The predicted octanol–water partition coefficient (Wildman–Crippen LogP) is 1.15. The van der Waals surface area contributed by atoms with E-state index in [-0.39, 0.29) is 12.3 Å². The maximum absolute atomic E-state index is 11.6. The molecule has 0 saturated carbocycles. The topological polar surface area (TPSA) is 87.9 Å². The first-order valence-corrected chi connectivity index (χ1v) is 5.55. The van der Waals surface area contributed by atoms with Crippen molar-refractivity contribution in [3.05, 3.63) is 52.2 Å². The summed E-state index contributed by atoms with van der Waals surface area (Å²) in [7, 11) is 0. The van der Waals surface area contributed by atoms with E-state index in [4.69, 9.17) is 5.26 Å². The van der Waals surface area contributed by atoms with E-state index >= 15 is 0 Å². The molecule has 1 heterocycles. The normalized spacial score (nSPS) is 9.89. The van der Waals surface area contributed by atoms with Crippen LogP contribution in [0.4, 0.5) is 0 Å². The van der Waals surface area contributed by atoms with E-state index in [1.54, 1.807) is 43.5 Å². The number of nitrogens with one attached hydrogen (secondary N) is 1. The zero-order valence-corrected chi connectivity index (χ0v) is 10.2. The van der Waals surface area contributed by atoms with Crippen LogP contribution in [-0.2, 0) is 4.74 Å². The third kappa shape index (κ3) is 2.55. The van der Waals surface area contributed by atoms with Gasteiger partial charge >= 0.3 is 11.7 Å². The third-order valence-electron chi connectivity index (χ3n) is 2.59. The number of benzene rings is 1. The first-order chi connectivity index (χ1) is 9.13. The lowest BCUT2D eigenvalue weighted by molar-refractivity contribution is 0.0555. The molecule has 0 fully saturated rings. The molecule has 0 radical (unpaired) electrons. The highest BCUT2D eigenvalue weighted by atomic mass is 16.5. The number of carbonyl (C=O) groups is 1. The molecule has 1 N–H and O–H groups in total. The summed E-state index contributed by atoms with van der Waals surface area (Å²) >= 11 is 0. The quantitative estimate of drug-likeness (QED) is 0.835. The van der Waals surface area contributed by atoms with Crippen LogP contribution < -0.4 is 5.69 Å². The van der Waals surface area contributed by atoms with E-state index in [0.29, 0.717) is 11.3 Å². The predicted molar refractivity (Wildman–Crippen MR) is 67.0 cm³/mol. The number of imidazole rings is 1. The number of H-pyrrole nitrogens is 1. The van der Waals surface area contributed by atoms with Crippen molar-refractivity contribution in [2.24, 2.45) is 0 Å². The van der Waals surface area contributed by atoms with Crippen molar-refractivity contribution in [1.82, 2.24) is 9.55 Å². The number of nitrogens with zero attached hydrogens (tertiary/aromatic N) is 2. The van der Waals surface area contributed by atoms with Crippen LogP contribution in [0, 0.1) is 18.3 Å². The van der Waals surface area contributed by atoms with E-state index < -0.39 is 5.97 Å². The Balaban J connectivity index is 2.27. The maximum Gasteiger partial charge on any atom is 0.339 e. The summed E-state index contributed by atoms with van der Waals surface area (Å²) in [5, 5.41) is 8.32. The Bertz CT molecular complexity index is 689. The van der Waals surface area contributed by atoms with Crippen LogP contribution >= 0.6 is 0 Å². The molecular weight excluding hydrogens is 246 g/mol. The molecule has 2 aromatic rings. The van der Waals surface area contributed by atoms with Gasteiger partial charge in [0.25, 0.3) is 0 Å². The lowest BCUT2D eigenvalue weighted by Gasteiger charge is -2.05. The minimum Gasteiger partial charge on any atom is -0.447 e. The zero-order valence-electron chi connectivity index (χ0n) is 10.2. The molecule has 6 nitrogen and oxygen atoms in total. The van der Waals surface area contributed by atoms with E-state index in [2.05, 4.69) is 9.72 Å². The average molecular weight is 257 g/mol. The van der Waals surface area contributed by atoms with Crippen molar-refractivity contribution >= 4 is 5.97 Å². The number of carbonyl (C=O) groups excluding carboxylic acids is 1. The van der Waals surface area contributed by atoms with Crippen LogP contribution in [0.15, 0.2) is 35.3 Å². The fourth-order valence-electron chi connectivity index (χ4n) is 1.70. The summed E-state index contributed by atoms with van der Waals surface area (Å²) in [5.74, 6) is -0.564. The van der Waals surface area contributed by atoms with Crippen LogP contribution in [0.3, 0.4) is 0 Å². The van der Waals surface area contributed by atoms with E-state index in [0.717, 1.165) is 5.69 Å². The molecule has 0 spiro atoms. The summed E-state index contributed by atoms with van der Waals surface area (Å²) < 4.78 is 6.17. The van der Waals surface area contributed by atoms with Gasteiger partial charge in [-0.2, -0.15) is 5.26 Å². The standard InChI is InChI=1S/C13H11N3O3/c1-9-8-15-13(18)16(9)11-4-2-10(3-5-11)12(17)19-7-6-14/h2-5,8H,7H2,1H3,(H,15,18). The number of aromatic amines is 1. The second-order valence-corrected chi connectivity index (χ2v) is 3.85. The van der Waals surface area contributed by atoms with Gasteiger partial charge in [0.15, 0.2) is 6.61 Å². The first-order valence-electron chi connectivity index (χ1n) is 5.55. The first kappa shape index (κ1) is 12.6. The average Bonchev–Trinajstić information content (AvgIpc) is 2.76. The number of hydrogen-bond acceptors (Lipinski definition) is 4. The number of hydrogen-bond donors (Lipinski definition) is 1. The Hall–Kier alpha value is -2.81. The van der Waals surface area contributed by atoms with Crippen molar-refractivity contribution in [3.8, 4) is 11.8 Å². The SMILES string of the molecule is Cc1c[nH]c(=O)n1-c1ccc(C(=O)OCC#N)cc1. The Morgan fingerprint density at radius 2 is 2.11 bits per heavy atom. The minimum absolute atomic E-state index is 0.239. The molecule has 0 amide bonds. The van der Waals surface area contributed by atoms with Crippen LogP contribution in [0.25, 0.3) is 5.69 Å². The molecule has 2 rings (SSSR count). The summed E-state index contributed by atoms with van der Waals surface area (Å²) in [4.78, 5) is 25.6. The van der Waals surface area contributed by atoms with Gasteiger partial charge in [-0.25, -0.2) is 9.59 Å². The number of aryl methyl sites for hydroxylation is 1. The molecule has 96 valence electrons. The molecule has 0 unspecified atom stereocenters. The van der Waals surface area contributed by atoms with E-state index in [9.17, 15) is 9.59 Å². The van der Waals surface area contributed by atoms with Gasteiger partial charge in [-0.3, -0.25) is 4.57 Å². The molecule has 0 aliphatic carbocycles. The molecule has 1 aromatic carbocycles. The van der Waals surface area contributed by atoms with E-state index in [1.807, 2.05) is 0 Å². The summed E-state index contributed by atoms with van der Waals surface area (Å²) in [6, 6.07) is 8.11. The number of esters is 1. The van der Waals surface area contributed by atoms with Crippen LogP contribution in [0.5, 0.6) is 0 Å². The van der Waals surface area contributed by atoms with Crippen molar-refractivity contribution in [2.45, 2.75) is 6.92 Å². The second-order valence-electron chi connectivity index (χ2n) is 3.85. The highest BCUT2D eigenvalue weighted by Gasteiger charge is 2.09. The van der Waals surface area contributed by atoms with Crippen LogP contribution in [0.1, 0.15) is 16.1 Å². The van der Waals surface area contributed by atoms with Crippen LogP contribution in [0.2, 0.25) is 0 Å². The molecule has 6 heteroatoms. The van der Waals surface area contributed by atoms with Gasteiger partial charge in [-0.05, 0) is 31.2 Å². The smallest absolute Gasteiger partial charge is 0.339 e. The third-order valence-corrected chi connectivity index (χ3v) is 2.59. The maximum atomic E-state index is 11.6. The van der Waals surface area contributed by atoms with Gasteiger partial charge in [0.05, 0.1) is 11.3 Å². The molecule has 0 aliphatic heterocycles. The summed E-state index contributed by atoms with van der Waals surface area (Å²) in [6.07, 6.45) is 1.61. The molecule has 19 heavy (non-hydrogen) atoms. The zero-order chi connectivity index (χ0) is 13.8. The van der Waals surface area contributed by atoms with Crippen LogP contribution in [-0.4, -0.2) is 22.1 Å². The Morgan fingerprint density at radius 1 is 1.42 bits per heavy atom. The summed E-state index contributed by atoms with van der Waals surface area (Å²) in [6.45, 7) is 1.52. The van der Waals surface area contributed by atoms with Gasteiger partial charge < -0.3 is 9.72 Å². The summed E-state index contributed by atoms with van der Waals surface area (Å²) in [5.41, 5.74) is 1.52. The largest absolute Gasteiger partial charge is 0.447 e. The number of rotatable bonds is 3. The van der Waals surface area contributed by atoms with Gasteiger partial charge in [-0.1, -0.05) is 0 Å². The lowest BCUT2D eigenvalue weighted by atomic mass is 10.2. The number of ether oxygens (including phenoxy) is 1. The van der Waals surface area contributed by atoms with E-state index in [1.165, 1.54) is 4.57 Å². The van der Waals surface area contributed by atoms with Gasteiger partial charge in [-0.15, -0.1) is 0 Å². The Labute approximate surface area is 108 Å². The molecule has 0 atom stereocenters. The molecule has 0 aliphatic rings. The number of nitriles is 1. The highest BCUT2D eigenvalue weighted by molar-refractivity contribution is 5.89. The van der Waals surface area contributed by atoms with Gasteiger partial charge in [0.2, 0.25) is 0 Å². The second kappa shape index (κ2) is 5.23. The molecule has 0 bridgehead atoms. The van der Waals surface area contributed by atoms with Crippen molar-refractivity contribution < 1.29 is 9.53 Å². The monoisotopic (exact) mass is 257 g/mol. The minimum atomic E-state index is -0.564. The van der Waals surface area contributed by atoms with Crippen molar-refractivity contribution in [3.63, 3.8) is 0 Å².